The third kappa shape index (κ3) is 4.64. The number of carbonyl (C=O) groups is 2. The summed E-state index contributed by atoms with van der Waals surface area (Å²) in [6, 6.07) is 13.4. The average Bonchev–Trinajstić information content (AvgIpc) is 2.68. The molecule has 1 N–H and O–H groups in total. The lowest BCUT2D eigenvalue weighted by Crippen LogP contribution is -2.48. The van der Waals surface area contributed by atoms with E-state index < -0.39 is 0 Å². The third-order valence-corrected chi connectivity index (χ3v) is 4.66. The molecule has 142 valence electrons. The predicted molar refractivity (Wildman–Crippen MR) is 104 cm³/mol. The van der Waals surface area contributed by atoms with Crippen molar-refractivity contribution in [1.82, 2.24) is 4.90 Å². The zero-order valence-electron chi connectivity index (χ0n) is 15.6. The van der Waals surface area contributed by atoms with Crippen molar-refractivity contribution in [2.24, 2.45) is 5.92 Å². The van der Waals surface area contributed by atoms with Gasteiger partial charge < -0.3 is 15.1 Å². The first-order valence-electron chi connectivity index (χ1n) is 9.15. The lowest BCUT2D eigenvalue weighted by Gasteiger charge is -2.36. The molecule has 2 aromatic carbocycles. The number of hydrogen-bond acceptors (Lipinski definition) is 3. The molecule has 0 unspecified atom stereocenters. The minimum Gasteiger partial charge on any atom is -0.368 e. The van der Waals surface area contributed by atoms with Gasteiger partial charge in [0.05, 0.1) is 0 Å². The van der Waals surface area contributed by atoms with Crippen LogP contribution in [0.4, 0.5) is 15.8 Å². The van der Waals surface area contributed by atoms with E-state index >= 15 is 0 Å². The van der Waals surface area contributed by atoms with Crippen LogP contribution in [0.15, 0.2) is 48.5 Å². The molecule has 3 rings (SSSR count). The molecule has 0 bridgehead atoms. The molecule has 1 aliphatic heterocycles. The van der Waals surface area contributed by atoms with Crippen molar-refractivity contribution in [2.75, 3.05) is 36.4 Å². The molecule has 2 aromatic rings. The first kappa shape index (κ1) is 18.9. The van der Waals surface area contributed by atoms with Crippen molar-refractivity contribution in [3.05, 3.63) is 59.9 Å². The molecule has 0 radical (unpaired) electrons. The zero-order valence-corrected chi connectivity index (χ0v) is 15.6. The maximum absolute atomic E-state index is 13.1. The van der Waals surface area contributed by atoms with Crippen molar-refractivity contribution >= 4 is 23.2 Å². The van der Waals surface area contributed by atoms with Gasteiger partial charge in [-0.05, 0) is 42.5 Å². The van der Waals surface area contributed by atoms with Gasteiger partial charge in [0, 0.05) is 49.0 Å². The summed E-state index contributed by atoms with van der Waals surface area (Å²) in [7, 11) is 0. The van der Waals surface area contributed by atoms with E-state index in [-0.39, 0.29) is 23.5 Å². The SMILES string of the molecule is CC(C)C(=O)Nc1cccc(C(=O)N2CCN(c3ccc(F)cc3)CC2)c1. The number of nitrogens with one attached hydrogen (secondary N) is 1. The highest BCUT2D eigenvalue weighted by molar-refractivity contribution is 5.97. The number of halogens is 1. The summed E-state index contributed by atoms with van der Waals surface area (Å²) in [6.07, 6.45) is 0. The molecule has 6 heteroatoms. The Kier molecular flexibility index (Phi) is 5.74. The lowest BCUT2D eigenvalue weighted by molar-refractivity contribution is -0.118. The summed E-state index contributed by atoms with van der Waals surface area (Å²) in [5.74, 6) is -0.497. The highest BCUT2D eigenvalue weighted by Gasteiger charge is 2.22. The Hall–Kier alpha value is -2.89. The molecule has 5 nitrogen and oxygen atoms in total. The molecule has 0 spiro atoms. The summed E-state index contributed by atoms with van der Waals surface area (Å²) >= 11 is 0. The summed E-state index contributed by atoms with van der Waals surface area (Å²) in [4.78, 5) is 28.6. The molecule has 27 heavy (non-hydrogen) atoms. The number of benzene rings is 2. The molecule has 0 atom stereocenters. The van der Waals surface area contributed by atoms with Gasteiger partial charge in [-0.15, -0.1) is 0 Å². The van der Waals surface area contributed by atoms with Crippen LogP contribution in [-0.2, 0) is 4.79 Å². The molecule has 0 aliphatic carbocycles. The normalized spacial score (nSPS) is 14.4. The van der Waals surface area contributed by atoms with E-state index in [1.807, 2.05) is 18.7 Å². The highest BCUT2D eigenvalue weighted by Crippen LogP contribution is 2.19. The number of nitrogens with zero attached hydrogens (tertiary/aromatic N) is 2. The Morgan fingerprint density at radius 3 is 2.30 bits per heavy atom. The van der Waals surface area contributed by atoms with E-state index in [4.69, 9.17) is 0 Å². The minimum absolute atomic E-state index is 0.0468. The first-order chi connectivity index (χ1) is 12.9. The van der Waals surface area contributed by atoms with Gasteiger partial charge >= 0.3 is 0 Å². The summed E-state index contributed by atoms with van der Waals surface area (Å²) in [5, 5.41) is 2.82. The standard InChI is InChI=1S/C21H24FN3O2/c1-15(2)20(26)23-18-5-3-4-16(14-18)21(27)25-12-10-24(11-13-25)19-8-6-17(22)7-9-19/h3-9,14-15H,10-13H2,1-2H3,(H,23,26). The molecule has 1 aliphatic rings. The van der Waals surface area contributed by atoms with E-state index in [1.165, 1.54) is 12.1 Å². The second-order valence-corrected chi connectivity index (χ2v) is 6.98. The van der Waals surface area contributed by atoms with Crippen LogP contribution < -0.4 is 10.2 Å². The van der Waals surface area contributed by atoms with Crippen molar-refractivity contribution < 1.29 is 14.0 Å². The smallest absolute Gasteiger partial charge is 0.254 e. The maximum atomic E-state index is 13.1. The summed E-state index contributed by atoms with van der Waals surface area (Å²) in [6.45, 7) is 6.23. The van der Waals surface area contributed by atoms with E-state index in [9.17, 15) is 14.0 Å². The maximum Gasteiger partial charge on any atom is 0.254 e. The fourth-order valence-electron chi connectivity index (χ4n) is 3.02. The van der Waals surface area contributed by atoms with E-state index in [1.54, 1.807) is 36.4 Å². The number of carbonyl (C=O) groups excluding carboxylic acids is 2. The van der Waals surface area contributed by atoms with Crippen LogP contribution in [0.3, 0.4) is 0 Å². The van der Waals surface area contributed by atoms with Crippen LogP contribution in [0, 0.1) is 11.7 Å². The number of anilines is 2. The highest BCUT2D eigenvalue weighted by atomic mass is 19.1. The van der Waals surface area contributed by atoms with Crippen LogP contribution in [0.1, 0.15) is 24.2 Å². The van der Waals surface area contributed by atoms with Gasteiger partial charge in [0.1, 0.15) is 5.82 Å². The van der Waals surface area contributed by atoms with Gasteiger partial charge in [-0.2, -0.15) is 0 Å². The van der Waals surface area contributed by atoms with Crippen LogP contribution in [0.25, 0.3) is 0 Å². The van der Waals surface area contributed by atoms with Gasteiger partial charge in [0.15, 0.2) is 0 Å². The molecule has 1 heterocycles. The number of piperazine rings is 1. The Morgan fingerprint density at radius 2 is 1.67 bits per heavy atom. The topological polar surface area (TPSA) is 52.7 Å². The van der Waals surface area contributed by atoms with Crippen molar-refractivity contribution in [1.29, 1.82) is 0 Å². The summed E-state index contributed by atoms with van der Waals surface area (Å²) in [5.41, 5.74) is 2.15. The number of amides is 2. The zero-order chi connectivity index (χ0) is 19.4. The van der Waals surface area contributed by atoms with E-state index in [0.29, 0.717) is 37.4 Å². The van der Waals surface area contributed by atoms with Crippen molar-refractivity contribution in [3.8, 4) is 0 Å². The van der Waals surface area contributed by atoms with Crippen LogP contribution in [0.2, 0.25) is 0 Å². The number of hydrogen-bond donors (Lipinski definition) is 1. The largest absolute Gasteiger partial charge is 0.368 e. The molecule has 0 saturated carbocycles. The lowest BCUT2D eigenvalue weighted by atomic mass is 10.1. The average molecular weight is 369 g/mol. The van der Waals surface area contributed by atoms with Gasteiger partial charge in [0.25, 0.3) is 5.91 Å². The monoisotopic (exact) mass is 369 g/mol. The van der Waals surface area contributed by atoms with E-state index in [2.05, 4.69) is 10.2 Å². The molecule has 2 amide bonds. The van der Waals surface area contributed by atoms with Crippen LogP contribution >= 0.6 is 0 Å². The van der Waals surface area contributed by atoms with Crippen molar-refractivity contribution in [2.45, 2.75) is 13.8 Å². The van der Waals surface area contributed by atoms with Gasteiger partial charge in [0.2, 0.25) is 5.91 Å². The van der Waals surface area contributed by atoms with Gasteiger partial charge in [-0.3, -0.25) is 9.59 Å². The van der Waals surface area contributed by atoms with Gasteiger partial charge in [-0.1, -0.05) is 19.9 Å². The quantitative estimate of drug-likeness (QED) is 0.899. The van der Waals surface area contributed by atoms with E-state index in [0.717, 1.165) is 5.69 Å². The first-order valence-corrected chi connectivity index (χ1v) is 9.15. The molecule has 1 fully saturated rings. The predicted octanol–water partition coefficient (Wildman–Crippen LogP) is 3.38. The van der Waals surface area contributed by atoms with Crippen LogP contribution in [0.5, 0.6) is 0 Å². The Labute approximate surface area is 158 Å². The fourth-order valence-corrected chi connectivity index (χ4v) is 3.02. The molecule has 0 aromatic heterocycles. The van der Waals surface area contributed by atoms with Gasteiger partial charge in [-0.25, -0.2) is 4.39 Å². The second-order valence-electron chi connectivity index (χ2n) is 6.98. The summed E-state index contributed by atoms with van der Waals surface area (Å²) < 4.78 is 13.1. The van der Waals surface area contributed by atoms with Crippen molar-refractivity contribution in [3.63, 3.8) is 0 Å². The Balaban J connectivity index is 1.62. The molecule has 1 saturated heterocycles. The van der Waals surface area contributed by atoms with Crippen LogP contribution in [-0.4, -0.2) is 42.9 Å². The Bertz CT molecular complexity index is 812. The third-order valence-electron chi connectivity index (χ3n) is 4.66. The molecular weight excluding hydrogens is 345 g/mol. The minimum atomic E-state index is -0.253. The Morgan fingerprint density at radius 1 is 1.00 bits per heavy atom. The second kappa shape index (κ2) is 8.20. The molecular formula is C21H24FN3O2. The fraction of sp³-hybridized carbons (Fsp3) is 0.333. The number of rotatable bonds is 4.